The van der Waals surface area contributed by atoms with Crippen LogP contribution in [-0.4, -0.2) is 24.2 Å². The molecule has 0 radical (unpaired) electrons. The van der Waals surface area contributed by atoms with Crippen LogP contribution in [0.2, 0.25) is 5.02 Å². The second-order valence-electron chi connectivity index (χ2n) is 5.26. The highest BCUT2D eigenvalue weighted by Gasteiger charge is 2.16. The molecular formula is C17H12ClN3O3S3. The number of thiocarbonyl (C=S) groups is 1. The molecule has 3 aromatic rings. The van der Waals surface area contributed by atoms with E-state index in [9.17, 15) is 13.2 Å². The number of sulfonamides is 1. The molecule has 0 saturated heterocycles. The monoisotopic (exact) mass is 437 g/mol. The Bertz CT molecular complexity index is 1060. The molecule has 0 aliphatic heterocycles. The van der Waals surface area contributed by atoms with Crippen molar-refractivity contribution in [2.45, 2.75) is 4.90 Å². The van der Waals surface area contributed by atoms with E-state index in [1.54, 1.807) is 29.6 Å². The molecule has 1 amide bonds. The van der Waals surface area contributed by atoms with Gasteiger partial charge in [0.15, 0.2) is 5.13 Å². The highest BCUT2D eigenvalue weighted by molar-refractivity contribution is 7.93. The Balaban J connectivity index is 1.69. The van der Waals surface area contributed by atoms with Gasteiger partial charge in [-0.3, -0.25) is 9.52 Å². The molecule has 3 rings (SSSR count). The molecule has 2 aromatic carbocycles. The predicted molar refractivity (Wildman–Crippen MR) is 111 cm³/mol. The van der Waals surface area contributed by atoms with Crippen molar-refractivity contribution in [3.63, 3.8) is 0 Å². The first kappa shape index (κ1) is 19.4. The van der Waals surface area contributed by atoms with Gasteiger partial charge in [-0.2, -0.15) is 0 Å². The number of amides is 1. The minimum Gasteiger partial charge on any atom is -0.321 e. The van der Waals surface area contributed by atoms with Gasteiger partial charge in [-0.05, 0) is 42.0 Å². The fraction of sp³-hybridized carbons (Fsp3) is 0. The molecule has 1 heterocycles. The third-order valence-corrected chi connectivity index (χ3v) is 6.23. The first-order valence-corrected chi connectivity index (χ1v) is 10.6. The molecule has 27 heavy (non-hydrogen) atoms. The van der Waals surface area contributed by atoms with E-state index in [0.29, 0.717) is 16.3 Å². The Morgan fingerprint density at radius 2 is 1.74 bits per heavy atom. The smallest absolute Gasteiger partial charge is 0.267 e. The Hall–Kier alpha value is -2.33. The van der Waals surface area contributed by atoms with Crippen LogP contribution in [0.3, 0.4) is 0 Å². The summed E-state index contributed by atoms with van der Waals surface area (Å²) in [5.74, 6) is -0.469. The van der Waals surface area contributed by atoms with Crippen LogP contribution < -0.4 is 10.0 Å². The van der Waals surface area contributed by atoms with Crippen molar-refractivity contribution in [2.75, 3.05) is 10.0 Å². The standard InChI is InChI=1S/C17H12ClN3O3S3/c18-12-3-1-11(2-4-12)15(25)16(22)20-13-5-7-14(8-6-13)27(23,24)21-17-19-9-10-26-17/h1-10H,(H,19,21)(H,20,22). The summed E-state index contributed by atoms with van der Waals surface area (Å²) in [6, 6.07) is 12.3. The first-order valence-electron chi connectivity index (χ1n) is 7.49. The van der Waals surface area contributed by atoms with Gasteiger partial charge >= 0.3 is 0 Å². The minimum absolute atomic E-state index is 0.0518. The molecule has 0 unspecified atom stereocenters. The van der Waals surface area contributed by atoms with Crippen molar-refractivity contribution in [2.24, 2.45) is 0 Å². The maximum atomic E-state index is 12.3. The Labute approximate surface area is 170 Å². The summed E-state index contributed by atoms with van der Waals surface area (Å²) < 4.78 is 27.0. The number of hydrogen-bond donors (Lipinski definition) is 2. The maximum absolute atomic E-state index is 12.3. The van der Waals surface area contributed by atoms with Gasteiger partial charge in [0.05, 0.1) is 4.90 Å². The molecule has 0 bridgehead atoms. The van der Waals surface area contributed by atoms with Gasteiger partial charge in [-0.25, -0.2) is 13.4 Å². The van der Waals surface area contributed by atoms with Gasteiger partial charge < -0.3 is 5.32 Å². The van der Waals surface area contributed by atoms with Crippen LogP contribution in [0.4, 0.5) is 10.8 Å². The van der Waals surface area contributed by atoms with Crippen molar-refractivity contribution in [1.82, 2.24) is 4.98 Å². The molecule has 0 aliphatic carbocycles. The van der Waals surface area contributed by atoms with Gasteiger partial charge in [0.1, 0.15) is 4.86 Å². The van der Waals surface area contributed by atoms with Crippen LogP contribution in [0, 0.1) is 0 Å². The lowest BCUT2D eigenvalue weighted by atomic mass is 10.1. The van der Waals surface area contributed by atoms with E-state index in [4.69, 9.17) is 23.8 Å². The number of nitrogens with zero attached hydrogens (tertiary/aromatic N) is 1. The second kappa shape index (κ2) is 8.13. The fourth-order valence-electron chi connectivity index (χ4n) is 2.09. The third-order valence-electron chi connectivity index (χ3n) is 3.39. The van der Waals surface area contributed by atoms with Crippen LogP contribution in [-0.2, 0) is 14.8 Å². The number of rotatable bonds is 6. The van der Waals surface area contributed by atoms with Gasteiger partial charge in [-0.1, -0.05) is 36.0 Å². The number of carbonyl (C=O) groups excluding carboxylic acids is 1. The van der Waals surface area contributed by atoms with Gasteiger partial charge in [-0.15, -0.1) is 11.3 Å². The van der Waals surface area contributed by atoms with E-state index in [-0.39, 0.29) is 14.9 Å². The molecule has 0 fully saturated rings. The van der Waals surface area contributed by atoms with Crippen LogP contribution in [0.25, 0.3) is 0 Å². The van der Waals surface area contributed by atoms with Gasteiger partial charge in [0.25, 0.3) is 15.9 Å². The number of halogens is 1. The van der Waals surface area contributed by atoms with E-state index in [1.165, 1.54) is 41.8 Å². The molecule has 6 nitrogen and oxygen atoms in total. The van der Waals surface area contributed by atoms with Crippen LogP contribution in [0.15, 0.2) is 65.0 Å². The number of anilines is 2. The van der Waals surface area contributed by atoms with Crippen molar-refractivity contribution in [3.05, 3.63) is 70.7 Å². The molecular weight excluding hydrogens is 426 g/mol. The number of nitrogens with one attached hydrogen (secondary N) is 2. The highest BCUT2D eigenvalue weighted by atomic mass is 35.5. The Morgan fingerprint density at radius 1 is 1.07 bits per heavy atom. The normalized spacial score (nSPS) is 11.0. The Morgan fingerprint density at radius 3 is 2.33 bits per heavy atom. The quantitative estimate of drug-likeness (QED) is 0.450. The lowest BCUT2D eigenvalue weighted by molar-refractivity contribution is -0.110. The van der Waals surface area contributed by atoms with E-state index in [2.05, 4.69) is 15.0 Å². The molecule has 0 aliphatic rings. The van der Waals surface area contributed by atoms with Crippen LogP contribution >= 0.6 is 35.2 Å². The van der Waals surface area contributed by atoms with E-state index >= 15 is 0 Å². The summed E-state index contributed by atoms with van der Waals surface area (Å²) in [6.45, 7) is 0. The summed E-state index contributed by atoms with van der Waals surface area (Å²) in [5, 5.41) is 5.13. The van der Waals surface area contributed by atoms with Crippen molar-refractivity contribution in [1.29, 1.82) is 0 Å². The van der Waals surface area contributed by atoms with Crippen molar-refractivity contribution < 1.29 is 13.2 Å². The average molecular weight is 438 g/mol. The van der Waals surface area contributed by atoms with Crippen molar-refractivity contribution >= 4 is 66.8 Å². The van der Waals surface area contributed by atoms with Crippen molar-refractivity contribution in [3.8, 4) is 0 Å². The summed E-state index contributed by atoms with van der Waals surface area (Å²) in [6.07, 6.45) is 1.50. The maximum Gasteiger partial charge on any atom is 0.267 e. The van der Waals surface area contributed by atoms with Crippen LogP contribution in [0.1, 0.15) is 5.56 Å². The number of carbonyl (C=O) groups is 1. The summed E-state index contributed by atoms with van der Waals surface area (Å²) in [5.41, 5.74) is 0.989. The average Bonchev–Trinajstić information content (AvgIpc) is 3.14. The van der Waals surface area contributed by atoms with E-state index < -0.39 is 15.9 Å². The number of thiazole rings is 1. The van der Waals surface area contributed by atoms with E-state index in [1.807, 2.05) is 0 Å². The number of aromatic nitrogens is 1. The highest BCUT2D eigenvalue weighted by Crippen LogP contribution is 2.20. The topological polar surface area (TPSA) is 88.2 Å². The zero-order valence-corrected chi connectivity index (χ0v) is 16.8. The lowest BCUT2D eigenvalue weighted by Crippen LogP contribution is -2.22. The minimum atomic E-state index is -3.74. The molecule has 1 aromatic heterocycles. The zero-order chi connectivity index (χ0) is 19.4. The summed E-state index contributed by atoms with van der Waals surface area (Å²) in [7, 11) is -3.74. The molecule has 0 spiro atoms. The Kier molecular flexibility index (Phi) is 5.85. The lowest BCUT2D eigenvalue weighted by Gasteiger charge is -2.09. The summed E-state index contributed by atoms with van der Waals surface area (Å²) >= 11 is 12.2. The van der Waals surface area contributed by atoms with E-state index in [0.717, 1.165) is 0 Å². The molecule has 2 N–H and O–H groups in total. The SMILES string of the molecule is O=C(Nc1ccc(S(=O)(=O)Nc2nccs2)cc1)C(=S)c1ccc(Cl)cc1. The zero-order valence-electron chi connectivity index (χ0n) is 13.5. The third kappa shape index (κ3) is 4.89. The van der Waals surface area contributed by atoms with Crippen LogP contribution in [0.5, 0.6) is 0 Å². The van der Waals surface area contributed by atoms with Gasteiger partial charge in [0, 0.05) is 22.3 Å². The summed E-state index contributed by atoms with van der Waals surface area (Å²) in [4.78, 5) is 16.3. The second-order valence-corrected chi connectivity index (χ2v) is 8.68. The molecule has 0 saturated carbocycles. The number of benzene rings is 2. The molecule has 138 valence electrons. The molecule has 0 atom stereocenters. The first-order chi connectivity index (χ1) is 12.8. The van der Waals surface area contributed by atoms with Gasteiger partial charge in [0.2, 0.25) is 0 Å². The predicted octanol–water partition coefficient (Wildman–Crippen LogP) is 3.95. The number of hydrogen-bond acceptors (Lipinski definition) is 6. The fourth-order valence-corrected chi connectivity index (χ4v) is 4.19. The largest absolute Gasteiger partial charge is 0.321 e. The molecule has 10 heteroatoms.